The average molecular weight is 289 g/mol. The molecule has 2 rings (SSSR count). The van der Waals surface area contributed by atoms with Crippen molar-refractivity contribution in [2.75, 3.05) is 20.8 Å². The standard InChI is InChI=1S/C17H23NO3/c1-5-18-15(14-8-9-21-12(14)2)10-13-6-7-16(19-3)17(11-13)20-4/h6-9,11,15,18H,5,10H2,1-4H3. The molecule has 2 aromatic rings. The molecule has 21 heavy (non-hydrogen) atoms. The Morgan fingerprint density at radius 3 is 2.48 bits per heavy atom. The third-order valence-electron chi connectivity index (χ3n) is 3.61. The van der Waals surface area contributed by atoms with Gasteiger partial charge in [0.25, 0.3) is 0 Å². The molecule has 0 amide bonds. The van der Waals surface area contributed by atoms with Crippen LogP contribution in [-0.2, 0) is 6.42 Å². The fourth-order valence-electron chi connectivity index (χ4n) is 2.54. The molecule has 1 unspecified atom stereocenters. The minimum atomic E-state index is 0.229. The molecule has 0 aliphatic heterocycles. The summed E-state index contributed by atoms with van der Waals surface area (Å²) in [4.78, 5) is 0. The van der Waals surface area contributed by atoms with Crippen LogP contribution in [0.4, 0.5) is 0 Å². The summed E-state index contributed by atoms with van der Waals surface area (Å²) in [5, 5.41) is 3.51. The molecule has 0 spiro atoms. The first kappa shape index (κ1) is 15.4. The highest BCUT2D eigenvalue weighted by Crippen LogP contribution is 2.30. The van der Waals surface area contributed by atoms with Crippen LogP contribution in [-0.4, -0.2) is 20.8 Å². The van der Waals surface area contributed by atoms with E-state index in [-0.39, 0.29) is 6.04 Å². The zero-order chi connectivity index (χ0) is 15.2. The Bertz CT molecular complexity index is 577. The van der Waals surface area contributed by atoms with Gasteiger partial charge in [-0.05, 0) is 43.7 Å². The molecule has 0 saturated heterocycles. The summed E-state index contributed by atoms with van der Waals surface area (Å²) in [5.41, 5.74) is 2.39. The van der Waals surface area contributed by atoms with Gasteiger partial charge in [-0.3, -0.25) is 0 Å². The fraction of sp³-hybridized carbons (Fsp3) is 0.412. The largest absolute Gasteiger partial charge is 0.493 e. The van der Waals surface area contributed by atoms with E-state index < -0.39 is 0 Å². The Balaban J connectivity index is 2.23. The number of ether oxygens (including phenoxy) is 2. The lowest BCUT2D eigenvalue weighted by Crippen LogP contribution is -2.23. The quantitative estimate of drug-likeness (QED) is 0.847. The highest BCUT2D eigenvalue weighted by Gasteiger charge is 2.16. The highest BCUT2D eigenvalue weighted by atomic mass is 16.5. The van der Waals surface area contributed by atoms with Crippen LogP contribution >= 0.6 is 0 Å². The van der Waals surface area contributed by atoms with Crippen molar-refractivity contribution in [2.45, 2.75) is 26.3 Å². The summed E-state index contributed by atoms with van der Waals surface area (Å²) in [7, 11) is 3.30. The summed E-state index contributed by atoms with van der Waals surface area (Å²) in [6.45, 7) is 5.01. The summed E-state index contributed by atoms with van der Waals surface area (Å²) in [5.74, 6) is 2.47. The molecule has 0 bridgehead atoms. The van der Waals surface area contributed by atoms with Gasteiger partial charge in [0.05, 0.1) is 20.5 Å². The number of methoxy groups -OCH3 is 2. The van der Waals surface area contributed by atoms with Crippen LogP contribution in [0.5, 0.6) is 11.5 Å². The average Bonchev–Trinajstić information content (AvgIpc) is 2.92. The molecule has 4 nitrogen and oxygen atoms in total. The topological polar surface area (TPSA) is 43.6 Å². The van der Waals surface area contributed by atoms with E-state index in [4.69, 9.17) is 13.9 Å². The van der Waals surface area contributed by atoms with Crippen LogP contribution in [0.15, 0.2) is 34.9 Å². The van der Waals surface area contributed by atoms with E-state index in [2.05, 4.69) is 18.3 Å². The summed E-state index contributed by atoms with van der Waals surface area (Å²) in [6, 6.07) is 8.30. The third kappa shape index (κ3) is 3.58. The van der Waals surface area contributed by atoms with Crippen LogP contribution in [0.1, 0.15) is 29.9 Å². The number of nitrogens with one attached hydrogen (secondary N) is 1. The van der Waals surface area contributed by atoms with E-state index in [0.29, 0.717) is 0 Å². The van der Waals surface area contributed by atoms with E-state index in [0.717, 1.165) is 30.2 Å². The molecule has 4 heteroatoms. The third-order valence-corrected chi connectivity index (χ3v) is 3.61. The molecule has 1 heterocycles. The molecule has 0 aliphatic carbocycles. The van der Waals surface area contributed by atoms with Crippen molar-refractivity contribution in [1.82, 2.24) is 5.32 Å². The predicted octanol–water partition coefficient (Wildman–Crippen LogP) is 3.50. The lowest BCUT2D eigenvalue weighted by atomic mass is 9.99. The van der Waals surface area contributed by atoms with Gasteiger partial charge < -0.3 is 19.2 Å². The van der Waals surface area contributed by atoms with Crippen LogP contribution in [0.25, 0.3) is 0 Å². The number of furan rings is 1. The SMILES string of the molecule is CCNC(Cc1ccc(OC)c(OC)c1)c1ccoc1C. The van der Waals surface area contributed by atoms with Crippen molar-refractivity contribution < 1.29 is 13.9 Å². The summed E-state index contributed by atoms with van der Waals surface area (Å²) in [6.07, 6.45) is 2.61. The number of benzene rings is 1. The van der Waals surface area contributed by atoms with Crippen molar-refractivity contribution in [3.8, 4) is 11.5 Å². The molecular formula is C17H23NO3. The van der Waals surface area contributed by atoms with Gasteiger partial charge in [-0.1, -0.05) is 13.0 Å². The van der Waals surface area contributed by atoms with Crippen molar-refractivity contribution >= 4 is 0 Å². The van der Waals surface area contributed by atoms with Gasteiger partial charge in [0.2, 0.25) is 0 Å². The van der Waals surface area contributed by atoms with Gasteiger partial charge >= 0.3 is 0 Å². The molecule has 1 atom stereocenters. The molecule has 1 aromatic heterocycles. The van der Waals surface area contributed by atoms with Crippen LogP contribution in [0.2, 0.25) is 0 Å². The number of likely N-dealkylation sites (N-methyl/N-ethyl adjacent to an activating group) is 1. The van der Waals surface area contributed by atoms with Crippen LogP contribution < -0.4 is 14.8 Å². The molecule has 0 radical (unpaired) electrons. The molecular weight excluding hydrogens is 266 g/mol. The van der Waals surface area contributed by atoms with Crippen molar-refractivity contribution in [2.24, 2.45) is 0 Å². The maximum absolute atomic E-state index is 5.43. The second kappa shape index (κ2) is 7.18. The second-order valence-corrected chi connectivity index (χ2v) is 4.94. The monoisotopic (exact) mass is 289 g/mol. The zero-order valence-corrected chi connectivity index (χ0v) is 13.1. The summed E-state index contributed by atoms with van der Waals surface area (Å²) >= 11 is 0. The smallest absolute Gasteiger partial charge is 0.160 e. The second-order valence-electron chi connectivity index (χ2n) is 4.94. The van der Waals surface area contributed by atoms with E-state index in [9.17, 15) is 0 Å². The first-order chi connectivity index (χ1) is 10.2. The van der Waals surface area contributed by atoms with Gasteiger partial charge in [-0.15, -0.1) is 0 Å². The first-order valence-electron chi connectivity index (χ1n) is 7.17. The predicted molar refractivity (Wildman–Crippen MR) is 83.1 cm³/mol. The maximum Gasteiger partial charge on any atom is 0.160 e. The van der Waals surface area contributed by atoms with Crippen molar-refractivity contribution in [1.29, 1.82) is 0 Å². The number of aryl methyl sites for hydroxylation is 1. The Kier molecular flexibility index (Phi) is 5.28. The fourth-order valence-corrected chi connectivity index (χ4v) is 2.54. The Hall–Kier alpha value is -1.94. The number of hydrogen-bond donors (Lipinski definition) is 1. The molecule has 0 saturated carbocycles. The Labute approximate surface area is 126 Å². The van der Waals surface area contributed by atoms with Gasteiger partial charge in [-0.25, -0.2) is 0 Å². The minimum Gasteiger partial charge on any atom is -0.493 e. The van der Waals surface area contributed by atoms with Crippen LogP contribution in [0, 0.1) is 6.92 Å². The zero-order valence-electron chi connectivity index (χ0n) is 13.1. The lowest BCUT2D eigenvalue weighted by molar-refractivity contribution is 0.354. The Morgan fingerprint density at radius 1 is 1.14 bits per heavy atom. The van der Waals surface area contributed by atoms with E-state index in [1.165, 1.54) is 11.1 Å². The van der Waals surface area contributed by atoms with Crippen molar-refractivity contribution in [3.63, 3.8) is 0 Å². The molecule has 1 aromatic carbocycles. The van der Waals surface area contributed by atoms with Crippen molar-refractivity contribution in [3.05, 3.63) is 47.4 Å². The van der Waals surface area contributed by atoms with Gasteiger partial charge in [0.1, 0.15) is 5.76 Å². The van der Waals surface area contributed by atoms with Gasteiger partial charge in [0.15, 0.2) is 11.5 Å². The van der Waals surface area contributed by atoms with Gasteiger partial charge in [0, 0.05) is 11.6 Å². The van der Waals surface area contributed by atoms with Crippen LogP contribution in [0.3, 0.4) is 0 Å². The minimum absolute atomic E-state index is 0.229. The molecule has 0 fully saturated rings. The molecule has 1 N–H and O–H groups in total. The molecule has 0 aliphatic rings. The van der Waals surface area contributed by atoms with Gasteiger partial charge in [-0.2, -0.15) is 0 Å². The first-order valence-corrected chi connectivity index (χ1v) is 7.17. The van der Waals surface area contributed by atoms with E-state index in [1.54, 1.807) is 20.5 Å². The maximum atomic E-state index is 5.43. The van der Waals surface area contributed by atoms with E-state index >= 15 is 0 Å². The number of hydrogen-bond acceptors (Lipinski definition) is 4. The Morgan fingerprint density at radius 2 is 1.90 bits per heavy atom. The lowest BCUT2D eigenvalue weighted by Gasteiger charge is -2.18. The summed E-state index contributed by atoms with van der Waals surface area (Å²) < 4.78 is 16.1. The highest BCUT2D eigenvalue weighted by molar-refractivity contribution is 5.43. The normalized spacial score (nSPS) is 12.2. The van der Waals surface area contributed by atoms with E-state index in [1.807, 2.05) is 25.1 Å². The molecule has 114 valence electrons. The number of rotatable bonds is 7.